The maximum absolute atomic E-state index is 9.42. The van der Waals surface area contributed by atoms with E-state index >= 15 is 0 Å². The van der Waals surface area contributed by atoms with E-state index in [1.165, 1.54) is 33.4 Å². The number of anilines is 3. The van der Waals surface area contributed by atoms with Gasteiger partial charge in [-0.25, -0.2) is 0 Å². The van der Waals surface area contributed by atoms with E-state index in [4.69, 9.17) is 4.42 Å². The van der Waals surface area contributed by atoms with E-state index in [0.29, 0.717) is 5.56 Å². The van der Waals surface area contributed by atoms with Crippen LogP contribution in [0.5, 0.6) is 0 Å². The van der Waals surface area contributed by atoms with Gasteiger partial charge >= 0.3 is 0 Å². The largest absolute Gasteiger partial charge is 0.456 e. The lowest BCUT2D eigenvalue weighted by molar-refractivity contribution is 0.669. The highest BCUT2D eigenvalue weighted by Gasteiger charge is 2.46. The smallest absolute Gasteiger partial charge is 0.137 e. The van der Waals surface area contributed by atoms with Crippen molar-refractivity contribution in [3.63, 3.8) is 0 Å². The van der Waals surface area contributed by atoms with Crippen LogP contribution in [0.4, 0.5) is 17.1 Å². The van der Waals surface area contributed by atoms with Gasteiger partial charge in [0.05, 0.1) is 28.1 Å². The molecular formula is C56H36N2O. The topological polar surface area (TPSA) is 40.2 Å². The lowest BCUT2D eigenvalue weighted by Gasteiger charge is -2.35. The molecule has 0 saturated carbocycles. The molecule has 0 saturated heterocycles. The fourth-order valence-electron chi connectivity index (χ4n) is 9.36. The van der Waals surface area contributed by atoms with Crippen LogP contribution in [0.15, 0.2) is 223 Å². The second-order valence-electron chi connectivity index (χ2n) is 15.2. The lowest BCUT2D eigenvalue weighted by atomic mass is 9.67. The average Bonchev–Trinajstić information content (AvgIpc) is 3.84. The van der Waals surface area contributed by atoms with Gasteiger partial charge in [0, 0.05) is 16.8 Å². The summed E-state index contributed by atoms with van der Waals surface area (Å²) >= 11 is 0. The highest BCUT2D eigenvalue weighted by molar-refractivity contribution is 6.14. The van der Waals surface area contributed by atoms with Gasteiger partial charge in [-0.2, -0.15) is 5.26 Å². The number of nitrogens with zero attached hydrogens (tertiary/aromatic N) is 2. The highest BCUT2D eigenvalue weighted by atomic mass is 16.3. The summed E-state index contributed by atoms with van der Waals surface area (Å²) in [5.41, 5.74) is 16.8. The van der Waals surface area contributed by atoms with Gasteiger partial charge in [-0.05, 0) is 116 Å². The van der Waals surface area contributed by atoms with Crippen LogP contribution in [-0.2, 0) is 5.41 Å². The van der Waals surface area contributed by atoms with Crippen LogP contribution < -0.4 is 4.90 Å². The number of nitriles is 1. The molecule has 10 aromatic rings. The first-order valence-corrected chi connectivity index (χ1v) is 20.0. The quantitative estimate of drug-likeness (QED) is 0.163. The molecule has 3 nitrogen and oxygen atoms in total. The number of hydrogen-bond donors (Lipinski definition) is 0. The second-order valence-corrected chi connectivity index (χ2v) is 15.2. The van der Waals surface area contributed by atoms with E-state index in [2.05, 4.69) is 205 Å². The Morgan fingerprint density at radius 1 is 0.424 bits per heavy atom. The molecule has 0 bridgehead atoms. The van der Waals surface area contributed by atoms with Crippen molar-refractivity contribution < 1.29 is 4.42 Å². The number of rotatable bonds is 7. The molecule has 9 aromatic carbocycles. The van der Waals surface area contributed by atoms with Gasteiger partial charge in [-0.15, -0.1) is 0 Å². The van der Waals surface area contributed by atoms with Crippen LogP contribution in [-0.4, -0.2) is 0 Å². The van der Waals surface area contributed by atoms with Crippen molar-refractivity contribution in [2.75, 3.05) is 4.90 Å². The molecule has 11 rings (SSSR count). The van der Waals surface area contributed by atoms with E-state index in [1.54, 1.807) is 0 Å². The standard InChI is InChI=1S/C56H36N2O/c57-37-38-25-27-40(28-26-38)41-29-32-45(33-30-41)58(52-23-12-24-54-55(52)49-35-42(31-34-53(49)59-54)39-13-3-1-4-14-39)46-18-11-17-44(36-46)56(43-15-5-2-6-16-43)50-21-9-7-19-47(50)48-20-8-10-22-51(48)56/h1-36H. The number of hydrogen-bond acceptors (Lipinski definition) is 3. The van der Waals surface area contributed by atoms with E-state index in [9.17, 15) is 5.26 Å². The number of furan rings is 1. The van der Waals surface area contributed by atoms with Crippen molar-refractivity contribution >= 4 is 39.0 Å². The Morgan fingerprint density at radius 3 is 1.69 bits per heavy atom. The molecule has 1 aliphatic carbocycles. The molecule has 0 unspecified atom stereocenters. The summed E-state index contributed by atoms with van der Waals surface area (Å²) in [7, 11) is 0. The third-order valence-electron chi connectivity index (χ3n) is 12.0. The van der Waals surface area contributed by atoms with Gasteiger partial charge in [-0.1, -0.05) is 158 Å². The van der Waals surface area contributed by atoms with E-state index < -0.39 is 5.41 Å². The van der Waals surface area contributed by atoms with Crippen LogP contribution in [0, 0.1) is 11.3 Å². The molecule has 1 aliphatic rings. The zero-order valence-corrected chi connectivity index (χ0v) is 32.1. The molecule has 1 heterocycles. The molecule has 3 heteroatoms. The minimum absolute atomic E-state index is 0.547. The molecule has 1 aromatic heterocycles. The summed E-state index contributed by atoms with van der Waals surface area (Å²) in [5.74, 6) is 0. The maximum atomic E-state index is 9.42. The maximum Gasteiger partial charge on any atom is 0.137 e. The molecule has 0 N–H and O–H groups in total. The summed E-state index contributed by atoms with van der Waals surface area (Å²) in [6, 6.07) is 80.0. The Hall–Kier alpha value is -7.93. The molecule has 0 amide bonds. The molecule has 59 heavy (non-hydrogen) atoms. The molecule has 0 atom stereocenters. The molecule has 0 radical (unpaired) electrons. The van der Waals surface area contributed by atoms with Crippen molar-refractivity contribution in [2.24, 2.45) is 0 Å². The first-order chi connectivity index (χ1) is 29.2. The Labute approximate surface area is 343 Å². The van der Waals surface area contributed by atoms with Gasteiger partial charge in [0.25, 0.3) is 0 Å². The molecule has 0 fully saturated rings. The van der Waals surface area contributed by atoms with E-state index in [1.807, 2.05) is 24.3 Å². The fraction of sp³-hybridized carbons (Fsp3) is 0.0179. The number of fused-ring (bicyclic) bond motifs is 6. The normalized spacial score (nSPS) is 12.5. The van der Waals surface area contributed by atoms with Crippen molar-refractivity contribution in [1.29, 1.82) is 5.26 Å². The van der Waals surface area contributed by atoms with Crippen molar-refractivity contribution in [2.45, 2.75) is 5.41 Å². The Bertz CT molecular complexity index is 3170. The lowest BCUT2D eigenvalue weighted by Crippen LogP contribution is -2.28. The summed E-state index contributed by atoms with van der Waals surface area (Å²) in [6.07, 6.45) is 0. The first-order valence-electron chi connectivity index (χ1n) is 20.0. The fourth-order valence-corrected chi connectivity index (χ4v) is 9.36. The predicted octanol–water partition coefficient (Wildman–Crippen LogP) is 14.6. The van der Waals surface area contributed by atoms with Crippen LogP contribution in [0.3, 0.4) is 0 Å². The highest BCUT2D eigenvalue weighted by Crippen LogP contribution is 2.57. The molecule has 0 aliphatic heterocycles. The minimum atomic E-state index is -0.547. The zero-order valence-electron chi connectivity index (χ0n) is 32.1. The second kappa shape index (κ2) is 13.9. The average molecular weight is 753 g/mol. The molecular weight excluding hydrogens is 717 g/mol. The Morgan fingerprint density at radius 2 is 1.00 bits per heavy atom. The van der Waals surface area contributed by atoms with E-state index in [0.717, 1.165) is 61.3 Å². The monoisotopic (exact) mass is 752 g/mol. The van der Waals surface area contributed by atoms with Gasteiger partial charge in [-0.3, -0.25) is 0 Å². The summed E-state index contributed by atoms with van der Waals surface area (Å²) in [4.78, 5) is 2.38. The predicted molar refractivity (Wildman–Crippen MR) is 241 cm³/mol. The van der Waals surface area contributed by atoms with Crippen LogP contribution in [0.25, 0.3) is 55.3 Å². The third-order valence-corrected chi connectivity index (χ3v) is 12.0. The summed E-state index contributed by atoms with van der Waals surface area (Å²) in [5, 5.41) is 11.5. The SMILES string of the molecule is N#Cc1ccc(-c2ccc(N(c3cccc(C4(c5ccccc5)c5ccccc5-c5ccccc54)c3)c3cccc4oc5ccc(-c6ccccc6)cc5c34)cc2)cc1. The van der Waals surface area contributed by atoms with Gasteiger partial charge in [0.15, 0.2) is 0 Å². The number of benzene rings is 9. The summed E-state index contributed by atoms with van der Waals surface area (Å²) < 4.78 is 6.61. The first kappa shape index (κ1) is 34.3. The Kier molecular flexibility index (Phi) is 8.10. The third kappa shape index (κ3) is 5.50. The Balaban J connectivity index is 1.16. The zero-order chi connectivity index (χ0) is 39.3. The van der Waals surface area contributed by atoms with Crippen LogP contribution >= 0.6 is 0 Å². The van der Waals surface area contributed by atoms with Crippen molar-refractivity contribution in [1.82, 2.24) is 0 Å². The molecule has 276 valence electrons. The van der Waals surface area contributed by atoms with Crippen molar-refractivity contribution in [3.8, 4) is 39.4 Å². The van der Waals surface area contributed by atoms with E-state index in [-0.39, 0.29) is 0 Å². The summed E-state index contributed by atoms with van der Waals surface area (Å²) in [6.45, 7) is 0. The minimum Gasteiger partial charge on any atom is -0.456 e. The van der Waals surface area contributed by atoms with Crippen LogP contribution in [0.1, 0.15) is 27.8 Å². The molecule has 0 spiro atoms. The van der Waals surface area contributed by atoms with Crippen LogP contribution in [0.2, 0.25) is 0 Å². The van der Waals surface area contributed by atoms with Crippen molar-refractivity contribution in [3.05, 3.63) is 246 Å². The van der Waals surface area contributed by atoms with Gasteiger partial charge in [0.2, 0.25) is 0 Å². The van der Waals surface area contributed by atoms with Gasteiger partial charge in [0.1, 0.15) is 11.2 Å². The van der Waals surface area contributed by atoms with Gasteiger partial charge < -0.3 is 9.32 Å².